The van der Waals surface area contributed by atoms with Gasteiger partial charge in [-0.05, 0) is 12.1 Å². The fraction of sp³-hybridized carbons (Fsp3) is 0.308. The molecule has 4 rings (SSSR count). The lowest BCUT2D eigenvalue weighted by Crippen LogP contribution is -2.39. The molecule has 0 aliphatic carbocycles. The summed E-state index contributed by atoms with van der Waals surface area (Å²) < 4.78 is 55.6. The molecule has 19 heteroatoms. The van der Waals surface area contributed by atoms with Gasteiger partial charge < -0.3 is 47.4 Å². The van der Waals surface area contributed by atoms with Crippen LogP contribution >= 0.6 is 0 Å². The number of hydrogen-bond acceptors (Lipinski definition) is 19. The number of fused-ring (bicyclic) bond motifs is 1. The van der Waals surface area contributed by atoms with E-state index >= 15 is 0 Å². The molecule has 306 valence electrons. The van der Waals surface area contributed by atoms with Crippen LogP contribution in [0.2, 0.25) is 0 Å². The summed E-state index contributed by atoms with van der Waals surface area (Å²) in [5.41, 5.74) is -0.475. The highest BCUT2D eigenvalue weighted by Gasteiger charge is 2.48. The molecule has 0 N–H and O–H groups in total. The highest BCUT2D eigenvalue weighted by molar-refractivity contribution is 5.80. The van der Waals surface area contributed by atoms with Crippen LogP contribution < -0.4 is 42.6 Å². The van der Waals surface area contributed by atoms with Gasteiger partial charge in [0.25, 0.3) is 0 Å². The molecule has 1 heterocycles. The fourth-order valence-electron chi connectivity index (χ4n) is 5.93. The molecular weight excluding hydrogens is 772 g/mol. The Morgan fingerprint density at radius 1 is 0.414 bits per heavy atom. The van der Waals surface area contributed by atoms with Crippen molar-refractivity contribution in [1.82, 2.24) is 0 Å². The molecule has 0 radical (unpaired) electrons. The first-order valence-corrected chi connectivity index (χ1v) is 17.0. The van der Waals surface area contributed by atoms with Crippen LogP contribution in [0.1, 0.15) is 91.0 Å². The van der Waals surface area contributed by atoms with Crippen LogP contribution in [0.15, 0.2) is 36.4 Å². The predicted octanol–water partition coefficient (Wildman–Crippen LogP) is 4.29. The van der Waals surface area contributed by atoms with Crippen LogP contribution in [0.4, 0.5) is 0 Å². The van der Waals surface area contributed by atoms with Gasteiger partial charge in [0.2, 0.25) is 5.75 Å². The molecule has 0 fully saturated rings. The minimum Gasteiger partial charge on any atom is -0.481 e. The minimum atomic E-state index is -1.71. The monoisotopic (exact) mass is 808 g/mol. The Labute approximate surface area is 329 Å². The van der Waals surface area contributed by atoms with Crippen molar-refractivity contribution in [3.63, 3.8) is 0 Å². The van der Waals surface area contributed by atoms with Crippen LogP contribution in [0.5, 0.6) is 51.7 Å². The maximum absolute atomic E-state index is 13.1. The second-order valence-corrected chi connectivity index (χ2v) is 12.4. The zero-order chi connectivity index (χ0) is 43.2. The lowest BCUT2D eigenvalue weighted by molar-refractivity contribution is -0.154. The number of benzene rings is 3. The lowest BCUT2D eigenvalue weighted by atomic mass is 9.78. The van der Waals surface area contributed by atoms with Crippen molar-refractivity contribution in [3.05, 3.63) is 53.1 Å². The molecule has 0 saturated carbocycles. The van der Waals surface area contributed by atoms with E-state index in [1.165, 1.54) is 6.07 Å². The number of carbonyl (C=O) groups is 9. The molecule has 0 aromatic heterocycles. The minimum absolute atomic E-state index is 0.100. The molecule has 3 aromatic carbocycles. The normalized spacial score (nSPS) is 15.2. The molecule has 1 aliphatic rings. The standard InChI is InChI=1S/C39H36O19/c1-16(40)49-26-12-28(51-18(3)42)34(29(13-26)52-19(4)43)36-35-30(53-20(5)44)14-27(50-17(2)41)15-31(35)58-37(39(36)57-24(9)48)25-10-32(54-21(6)45)38(56-23(8)47)33(11-25)55-22(7)46/h10-15,36-37,39H,1-9H3. The molecule has 19 nitrogen and oxygen atoms in total. The number of carbonyl (C=O) groups excluding carboxylic acids is 9. The van der Waals surface area contributed by atoms with Crippen LogP contribution in [-0.4, -0.2) is 59.8 Å². The molecule has 3 atom stereocenters. The lowest BCUT2D eigenvalue weighted by Gasteiger charge is -2.40. The summed E-state index contributed by atoms with van der Waals surface area (Å²) in [6, 6.07) is 6.82. The van der Waals surface area contributed by atoms with Gasteiger partial charge in [-0.3, -0.25) is 43.2 Å². The highest BCUT2D eigenvalue weighted by atomic mass is 16.6. The Hall–Kier alpha value is -7.31. The van der Waals surface area contributed by atoms with Gasteiger partial charge in [-0.2, -0.15) is 0 Å². The number of ether oxygens (including phenoxy) is 10. The number of esters is 9. The van der Waals surface area contributed by atoms with Gasteiger partial charge in [0, 0.05) is 103 Å². The zero-order valence-electron chi connectivity index (χ0n) is 32.5. The smallest absolute Gasteiger partial charge is 0.308 e. The van der Waals surface area contributed by atoms with Gasteiger partial charge in [0.1, 0.15) is 34.5 Å². The van der Waals surface area contributed by atoms with Gasteiger partial charge >= 0.3 is 53.7 Å². The van der Waals surface area contributed by atoms with E-state index in [2.05, 4.69) is 0 Å². The van der Waals surface area contributed by atoms with Crippen LogP contribution in [-0.2, 0) is 47.9 Å². The van der Waals surface area contributed by atoms with Gasteiger partial charge in [0.15, 0.2) is 23.7 Å². The molecule has 0 saturated heterocycles. The number of hydrogen-bond donors (Lipinski definition) is 0. The third-order valence-electron chi connectivity index (χ3n) is 7.37. The maximum Gasteiger partial charge on any atom is 0.308 e. The Balaban J connectivity index is 2.27. The fourth-order valence-corrected chi connectivity index (χ4v) is 5.93. The molecule has 0 spiro atoms. The summed E-state index contributed by atoms with van der Waals surface area (Å²) in [6.07, 6.45) is -3.34. The van der Waals surface area contributed by atoms with E-state index in [0.29, 0.717) is 0 Å². The van der Waals surface area contributed by atoms with E-state index in [-0.39, 0.29) is 39.7 Å². The summed E-state index contributed by atoms with van der Waals surface area (Å²) in [5, 5.41) is 0. The van der Waals surface area contributed by atoms with E-state index in [1.54, 1.807) is 0 Å². The van der Waals surface area contributed by atoms with Crippen LogP contribution in [0, 0.1) is 0 Å². The summed E-state index contributed by atoms with van der Waals surface area (Å²) in [7, 11) is 0. The quantitative estimate of drug-likeness (QED) is 0.194. The van der Waals surface area contributed by atoms with E-state index in [1.807, 2.05) is 0 Å². The molecule has 0 bridgehead atoms. The Morgan fingerprint density at radius 3 is 1.16 bits per heavy atom. The first kappa shape index (κ1) is 43.4. The van der Waals surface area contributed by atoms with Crippen molar-refractivity contribution in [2.75, 3.05) is 0 Å². The average Bonchev–Trinajstić information content (AvgIpc) is 3.04. The van der Waals surface area contributed by atoms with Gasteiger partial charge in [-0.15, -0.1) is 0 Å². The average molecular weight is 809 g/mol. The SMILES string of the molecule is CC(=O)Oc1cc(OC(C)=O)c(C2c3c(OC(C)=O)cc(OC(C)=O)cc3OC(c3cc(OC(C)=O)c(OC(C)=O)c(OC(C)=O)c3)C2OC(C)=O)c(OC(C)=O)c1. The third-order valence-corrected chi connectivity index (χ3v) is 7.37. The Morgan fingerprint density at radius 2 is 0.776 bits per heavy atom. The van der Waals surface area contributed by atoms with Crippen LogP contribution in [0.3, 0.4) is 0 Å². The van der Waals surface area contributed by atoms with Crippen molar-refractivity contribution >= 4 is 53.7 Å². The van der Waals surface area contributed by atoms with E-state index < -0.39 is 101 Å². The summed E-state index contributed by atoms with van der Waals surface area (Å²) in [5.74, 6) is -13.0. The van der Waals surface area contributed by atoms with Crippen LogP contribution in [0.25, 0.3) is 0 Å². The maximum atomic E-state index is 13.1. The van der Waals surface area contributed by atoms with Gasteiger partial charge in [0.05, 0.1) is 5.92 Å². The van der Waals surface area contributed by atoms with E-state index in [0.717, 1.165) is 92.6 Å². The Bertz CT molecular complexity index is 2160. The molecule has 3 aromatic rings. The topological polar surface area (TPSA) is 246 Å². The van der Waals surface area contributed by atoms with E-state index in [4.69, 9.17) is 47.4 Å². The van der Waals surface area contributed by atoms with E-state index in [9.17, 15) is 43.2 Å². The Kier molecular flexibility index (Phi) is 13.5. The number of rotatable bonds is 11. The van der Waals surface area contributed by atoms with Gasteiger partial charge in [-0.25, -0.2) is 0 Å². The summed E-state index contributed by atoms with van der Waals surface area (Å²) >= 11 is 0. The molecule has 1 aliphatic heterocycles. The van der Waals surface area contributed by atoms with Crippen molar-refractivity contribution < 1.29 is 90.5 Å². The van der Waals surface area contributed by atoms with Crippen molar-refractivity contribution in [1.29, 1.82) is 0 Å². The molecule has 58 heavy (non-hydrogen) atoms. The molecule has 3 unspecified atom stereocenters. The van der Waals surface area contributed by atoms with Crippen molar-refractivity contribution in [2.24, 2.45) is 0 Å². The second kappa shape index (κ2) is 18.1. The van der Waals surface area contributed by atoms with Crippen molar-refractivity contribution in [3.8, 4) is 51.7 Å². The molecule has 0 amide bonds. The second-order valence-electron chi connectivity index (χ2n) is 12.4. The molecular formula is C39H36O19. The third kappa shape index (κ3) is 10.9. The highest BCUT2D eigenvalue weighted by Crippen LogP contribution is 2.57. The summed E-state index contributed by atoms with van der Waals surface area (Å²) in [6.45, 7) is 9.40. The zero-order valence-corrected chi connectivity index (χ0v) is 32.5. The first-order valence-electron chi connectivity index (χ1n) is 17.0. The first-order chi connectivity index (χ1) is 27.1. The summed E-state index contributed by atoms with van der Waals surface area (Å²) in [4.78, 5) is 112. The van der Waals surface area contributed by atoms with Gasteiger partial charge in [-0.1, -0.05) is 0 Å². The van der Waals surface area contributed by atoms with Crippen molar-refractivity contribution in [2.45, 2.75) is 80.4 Å². The predicted molar refractivity (Wildman–Crippen MR) is 191 cm³/mol. The largest absolute Gasteiger partial charge is 0.481 e.